The van der Waals surface area contributed by atoms with Crippen LogP contribution in [-0.4, -0.2) is 22.0 Å². The molecule has 2 amide bonds. The van der Waals surface area contributed by atoms with Gasteiger partial charge in [0.05, 0.1) is 0 Å². The average molecular weight is 364 g/mol. The molecule has 2 N–H and O–H groups in total. The molecule has 0 atom stereocenters. The van der Waals surface area contributed by atoms with Crippen LogP contribution in [0.5, 0.6) is 0 Å². The zero-order valence-electron chi connectivity index (χ0n) is 15.6. The lowest BCUT2D eigenvalue weighted by molar-refractivity contribution is 0.102. The van der Waals surface area contributed by atoms with Gasteiger partial charge in [0.15, 0.2) is 5.82 Å². The van der Waals surface area contributed by atoms with Crippen molar-refractivity contribution in [3.63, 3.8) is 0 Å². The van der Waals surface area contributed by atoms with Gasteiger partial charge in [0, 0.05) is 23.5 Å². The highest BCUT2D eigenvalue weighted by Gasteiger charge is 2.15. The molecule has 7 nitrogen and oxygen atoms in total. The van der Waals surface area contributed by atoms with Crippen molar-refractivity contribution in [2.45, 2.75) is 27.7 Å². The second-order valence-electron chi connectivity index (χ2n) is 6.43. The second-order valence-corrected chi connectivity index (χ2v) is 6.43. The van der Waals surface area contributed by atoms with E-state index in [2.05, 4.69) is 20.8 Å². The minimum absolute atomic E-state index is 0.112. The molecule has 0 fully saturated rings. The molecule has 0 radical (unpaired) electrons. The number of aromatic nitrogens is 2. The topological polar surface area (TPSA) is 97.1 Å². The van der Waals surface area contributed by atoms with Crippen LogP contribution < -0.4 is 10.6 Å². The molecular weight excluding hydrogens is 344 g/mol. The van der Waals surface area contributed by atoms with E-state index in [0.717, 1.165) is 22.4 Å². The summed E-state index contributed by atoms with van der Waals surface area (Å²) in [7, 11) is 0. The Morgan fingerprint density at radius 2 is 1.63 bits per heavy atom. The highest BCUT2D eigenvalue weighted by Crippen LogP contribution is 2.22. The van der Waals surface area contributed by atoms with Gasteiger partial charge in [-0.3, -0.25) is 14.6 Å². The molecule has 27 heavy (non-hydrogen) atoms. The SMILES string of the molecule is Cc1cc(C)c(NC(=O)c2ccnc(C(=O)Nc3cc(C)on3)c2)c(C)c1. The number of aryl methyl sites for hydroxylation is 4. The first-order valence-corrected chi connectivity index (χ1v) is 8.43. The fourth-order valence-electron chi connectivity index (χ4n) is 2.86. The molecular formula is C20H20N4O3. The highest BCUT2D eigenvalue weighted by molar-refractivity contribution is 6.08. The minimum atomic E-state index is -0.472. The maximum absolute atomic E-state index is 12.6. The van der Waals surface area contributed by atoms with Crippen LogP contribution in [-0.2, 0) is 0 Å². The van der Waals surface area contributed by atoms with E-state index in [9.17, 15) is 9.59 Å². The van der Waals surface area contributed by atoms with E-state index in [4.69, 9.17) is 4.52 Å². The van der Waals surface area contributed by atoms with Gasteiger partial charge in [0.25, 0.3) is 11.8 Å². The van der Waals surface area contributed by atoms with Gasteiger partial charge in [0.1, 0.15) is 11.5 Å². The lowest BCUT2D eigenvalue weighted by atomic mass is 10.0. The van der Waals surface area contributed by atoms with Crippen molar-refractivity contribution in [1.82, 2.24) is 10.1 Å². The van der Waals surface area contributed by atoms with Crippen molar-refractivity contribution in [2.24, 2.45) is 0 Å². The molecule has 0 aliphatic carbocycles. The third-order valence-electron chi connectivity index (χ3n) is 4.04. The van der Waals surface area contributed by atoms with Crippen LogP contribution in [0.25, 0.3) is 0 Å². The minimum Gasteiger partial charge on any atom is -0.360 e. The number of pyridine rings is 1. The lowest BCUT2D eigenvalue weighted by Gasteiger charge is -2.13. The van der Waals surface area contributed by atoms with E-state index in [1.165, 1.54) is 12.3 Å². The smallest absolute Gasteiger partial charge is 0.275 e. The predicted molar refractivity (Wildman–Crippen MR) is 102 cm³/mol. The molecule has 138 valence electrons. The summed E-state index contributed by atoms with van der Waals surface area (Å²) in [5, 5.41) is 9.20. The van der Waals surface area contributed by atoms with Gasteiger partial charge < -0.3 is 15.2 Å². The fraction of sp³-hybridized carbons (Fsp3) is 0.200. The summed E-state index contributed by atoms with van der Waals surface area (Å²) in [4.78, 5) is 29.0. The van der Waals surface area contributed by atoms with E-state index in [-0.39, 0.29) is 11.6 Å². The van der Waals surface area contributed by atoms with Crippen LogP contribution in [0.1, 0.15) is 43.3 Å². The third-order valence-corrected chi connectivity index (χ3v) is 4.04. The maximum Gasteiger partial charge on any atom is 0.275 e. The number of hydrogen-bond acceptors (Lipinski definition) is 5. The maximum atomic E-state index is 12.6. The molecule has 0 spiro atoms. The van der Waals surface area contributed by atoms with Crippen LogP contribution >= 0.6 is 0 Å². The van der Waals surface area contributed by atoms with Gasteiger partial charge in [0.2, 0.25) is 0 Å². The highest BCUT2D eigenvalue weighted by atomic mass is 16.5. The van der Waals surface area contributed by atoms with Crippen molar-refractivity contribution in [2.75, 3.05) is 10.6 Å². The number of benzene rings is 1. The molecule has 0 saturated heterocycles. The van der Waals surface area contributed by atoms with Gasteiger partial charge in [-0.05, 0) is 51.0 Å². The second kappa shape index (κ2) is 7.41. The summed E-state index contributed by atoms with van der Waals surface area (Å²) in [5.74, 6) is 0.0923. The van der Waals surface area contributed by atoms with Crippen LogP contribution in [0, 0.1) is 27.7 Å². The Morgan fingerprint density at radius 3 is 2.26 bits per heavy atom. The number of amides is 2. The first-order chi connectivity index (χ1) is 12.8. The van der Waals surface area contributed by atoms with E-state index < -0.39 is 5.91 Å². The Hall–Kier alpha value is -3.48. The summed E-state index contributed by atoms with van der Waals surface area (Å²) in [6.07, 6.45) is 1.42. The van der Waals surface area contributed by atoms with Crippen LogP contribution in [0.2, 0.25) is 0 Å². The fourth-order valence-corrected chi connectivity index (χ4v) is 2.86. The Morgan fingerprint density at radius 1 is 0.926 bits per heavy atom. The molecule has 1 aromatic carbocycles. The number of nitrogens with one attached hydrogen (secondary N) is 2. The summed E-state index contributed by atoms with van der Waals surface area (Å²) in [6.45, 7) is 7.62. The molecule has 0 aliphatic rings. The number of nitrogens with zero attached hydrogens (tertiary/aromatic N) is 2. The van der Waals surface area contributed by atoms with E-state index in [0.29, 0.717) is 17.1 Å². The largest absolute Gasteiger partial charge is 0.360 e. The van der Waals surface area contributed by atoms with Gasteiger partial charge in [-0.1, -0.05) is 22.9 Å². The standard InChI is InChI=1S/C20H20N4O3/c1-11-7-12(2)18(13(3)8-11)23-19(25)15-5-6-21-16(10-15)20(26)22-17-9-14(4)27-24-17/h5-10H,1-4H3,(H,23,25)(H,22,24,26). The number of hydrogen-bond donors (Lipinski definition) is 2. The molecule has 7 heteroatoms. The number of rotatable bonds is 4. The molecule has 3 aromatic rings. The average Bonchev–Trinajstić information content (AvgIpc) is 3.02. The Balaban J connectivity index is 1.78. The van der Waals surface area contributed by atoms with Crippen LogP contribution in [0.15, 0.2) is 41.1 Å². The summed E-state index contributed by atoms with van der Waals surface area (Å²) < 4.78 is 4.91. The van der Waals surface area contributed by atoms with Gasteiger partial charge >= 0.3 is 0 Å². The Kier molecular flexibility index (Phi) is 5.03. The van der Waals surface area contributed by atoms with Gasteiger partial charge in [-0.2, -0.15) is 0 Å². The molecule has 3 rings (SSSR count). The first kappa shape index (κ1) is 18.3. The zero-order valence-corrected chi connectivity index (χ0v) is 15.6. The monoisotopic (exact) mass is 364 g/mol. The predicted octanol–water partition coefficient (Wildman–Crippen LogP) is 3.81. The van der Waals surface area contributed by atoms with Gasteiger partial charge in [-0.25, -0.2) is 0 Å². The van der Waals surface area contributed by atoms with Gasteiger partial charge in [-0.15, -0.1) is 0 Å². The molecule has 2 aromatic heterocycles. The third kappa shape index (κ3) is 4.20. The number of carbonyl (C=O) groups is 2. The van der Waals surface area contributed by atoms with Crippen LogP contribution in [0.4, 0.5) is 11.5 Å². The molecule has 2 heterocycles. The van der Waals surface area contributed by atoms with E-state index in [1.54, 1.807) is 19.1 Å². The zero-order chi connectivity index (χ0) is 19.6. The van der Waals surface area contributed by atoms with Crippen LogP contribution in [0.3, 0.4) is 0 Å². The van der Waals surface area contributed by atoms with Crippen molar-refractivity contribution >= 4 is 23.3 Å². The lowest BCUT2D eigenvalue weighted by Crippen LogP contribution is -2.17. The first-order valence-electron chi connectivity index (χ1n) is 8.43. The van der Waals surface area contributed by atoms with Crippen molar-refractivity contribution in [3.8, 4) is 0 Å². The Bertz CT molecular complexity index is 1000. The van der Waals surface area contributed by atoms with Crippen molar-refractivity contribution < 1.29 is 14.1 Å². The molecule has 0 unspecified atom stereocenters. The summed E-state index contributed by atoms with van der Waals surface area (Å²) in [6, 6.07) is 8.61. The van der Waals surface area contributed by atoms with Crippen molar-refractivity contribution in [1.29, 1.82) is 0 Å². The Labute approximate surface area is 156 Å². The quantitative estimate of drug-likeness (QED) is 0.734. The number of carbonyl (C=O) groups excluding carboxylic acids is 2. The molecule has 0 saturated carbocycles. The van der Waals surface area contributed by atoms with Crippen molar-refractivity contribution in [3.05, 3.63) is 70.2 Å². The normalized spacial score (nSPS) is 10.5. The van der Waals surface area contributed by atoms with E-state index in [1.807, 2.05) is 32.9 Å². The molecule has 0 bridgehead atoms. The van der Waals surface area contributed by atoms with E-state index >= 15 is 0 Å². The molecule has 0 aliphatic heterocycles. The number of anilines is 2. The summed E-state index contributed by atoms with van der Waals surface area (Å²) >= 11 is 0. The summed E-state index contributed by atoms with van der Waals surface area (Å²) in [5.41, 5.74) is 4.32.